The molecule has 0 spiro atoms. The third-order valence-electron chi connectivity index (χ3n) is 3.65. The van der Waals surface area contributed by atoms with E-state index in [2.05, 4.69) is 10.2 Å². The zero-order valence-electron chi connectivity index (χ0n) is 10.4. The van der Waals surface area contributed by atoms with Crippen LogP contribution in [0.25, 0.3) is 5.65 Å². The van der Waals surface area contributed by atoms with Crippen molar-refractivity contribution in [3.8, 4) is 0 Å². The van der Waals surface area contributed by atoms with Crippen molar-refractivity contribution in [2.75, 3.05) is 0 Å². The van der Waals surface area contributed by atoms with Crippen LogP contribution in [-0.2, 0) is 6.18 Å². The molecule has 20 heavy (non-hydrogen) atoms. The Morgan fingerprint density at radius 1 is 1.30 bits per heavy atom. The normalized spacial score (nSPS) is 23.6. The van der Waals surface area contributed by atoms with Gasteiger partial charge in [0.25, 0.3) is 0 Å². The van der Waals surface area contributed by atoms with E-state index < -0.39 is 11.7 Å². The largest absolute Gasteiger partial charge is 0.417 e. The smallest absolute Gasteiger partial charge is 0.328 e. The number of aromatic nitrogens is 3. The third-order valence-corrected chi connectivity index (χ3v) is 3.93. The lowest BCUT2D eigenvalue weighted by molar-refractivity contribution is -0.137. The molecule has 1 saturated carbocycles. The fourth-order valence-electron chi connectivity index (χ4n) is 2.66. The van der Waals surface area contributed by atoms with E-state index in [1.807, 2.05) is 0 Å². The number of halogens is 4. The van der Waals surface area contributed by atoms with Crippen molar-refractivity contribution in [2.24, 2.45) is 5.73 Å². The van der Waals surface area contributed by atoms with Crippen LogP contribution < -0.4 is 5.73 Å². The number of fused-ring (bicyclic) bond motifs is 1. The summed E-state index contributed by atoms with van der Waals surface area (Å²) in [6.45, 7) is 0. The number of hydrogen-bond acceptors (Lipinski definition) is 3. The summed E-state index contributed by atoms with van der Waals surface area (Å²) in [4.78, 5) is 0. The number of pyridine rings is 1. The molecule has 3 rings (SSSR count). The van der Waals surface area contributed by atoms with Gasteiger partial charge in [0.1, 0.15) is 5.82 Å². The van der Waals surface area contributed by atoms with E-state index in [1.165, 1.54) is 4.40 Å². The van der Waals surface area contributed by atoms with Gasteiger partial charge < -0.3 is 5.73 Å². The maximum absolute atomic E-state index is 12.8. The van der Waals surface area contributed by atoms with Gasteiger partial charge in [-0.25, -0.2) is 0 Å². The molecule has 2 atom stereocenters. The molecule has 0 aliphatic heterocycles. The highest BCUT2D eigenvalue weighted by molar-refractivity contribution is 6.33. The molecule has 0 amide bonds. The van der Waals surface area contributed by atoms with Crippen LogP contribution in [0.2, 0.25) is 5.02 Å². The predicted octanol–water partition coefficient (Wildman–Crippen LogP) is 3.00. The van der Waals surface area contributed by atoms with Crippen LogP contribution in [0, 0.1) is 0 Å². The molecule has 0 aromatic carbocycles. The third kappa shape index (κ3) is 2.25. The van der Waals surface area contributed by atoms with E-state index >= 15 is 0 Å². The number of rotatable bonds is 1. The van der Waals surface area contributed by atoms with Crippen molar-refractivity contribution in [1.29, 1.82) is 0 Å². The van der Waals surface area contributed by atoms with Gasteiger partial charge in [0, 0.05) is 18.2 Å². The Hall–Kier alpha value is -1.34. The van der Waals surface area contributed by atoms with Crippen molar-refractivity contribution < 1.29 is 13.2 Å². The molecular weight excluding hydrogens is 293 g/mol. The molecular formula is C12H12ClF3N4. The average molecular weight is 305 g/mol. The summed E-state index contributed by atoms with van der Waals surface area (Å²) >= 11 is 5.87. The molecule has 2 aromatic rings. The average Bonchev–Trinajstić information content (AvgIpc) is 2.93. The van der Waals surface area contributed by atoms with Crippen molar-refractivity contribution >= 4 is 17.2 Å². The first-order chi connectivity index (χ1) is 9.36. The molecule has 0 bridgehead atoms. The second-order valence-electron chi connectivity index (χ2n) is 5.10. The van der Waals surface area contributed by atoms with Crippen LogP contribution in [-0.4, -0.2) is 20.6 Å². The second-order valence-corrected chi connectivity index (χ2v) is 5.50. The molecule has 2 N–H and O–H groups in total. The summed E-state index contributed by atoms with van der Waals surface area (Å²) in [6.07, 6.45) is -1.11. The van der Waals surface area contributed by atoms with Gasteiger partial charge in [-0.15, -0.1) is 10.2 Å². The van der Waals surface area contributed by atoms with E-state index in [-0.39, 0.29) is 22.6 Å². The summed E-state index contributed by atoms with van der Waals surface area (Å²) in [6, 6.07) is 0.934. The van der Waals surface area contributed by atoms with Gasteiger partial charge in [-0.2, -0.15) is 13.2 Å². The summed E-state index contributed by atoms with van der Waals surface area (Å²) in [5.74, 6) is 0.528. The van der Waals surface area contributed by atoms with Gasteiger partial charge in [0.15, 0.2) is 5.65 Å². The highest BCUT2D eigenvalue weighted by atomic mass is 35.5. The fraction of sp³-hybridized carbons (Fsp3) is 0.500. The summed E-state index contributed by atoms with van der Waals surface area (Å²) in [5.41, 5.74) is 5.28. The Morgan fingerprint density at radius 3 is 2.65 bits per heavy atom. The molecule has 0 saturated heterocycles. The molecule has 1 aliphatic rings. The highest BCUT2D eigenvalue weighted by Crippen LogP contribution is 2.36. The summed E-state index contributed by atoms with van der Waals surface area (Å²) in [7, 11) is 0. The Bertz CT molecular complexity index is 652. The molecule has 1 fully saturated rings. The van der Waals surface area contributed by atoms with E-state index in [9.17, 15) is 13.2 Å². The topological polar surface area (TPSA) is 56.2 Å². The fourth-order valence-corrected chi connectivity index (χ4v) is 2.90. The lowest BCUT2D eigenvalue weighted by Gasteiger charge is -2.11. The number of alkyl halides is 3. The molecule has 1 aliphatic carbocycles. The van der Waals surface area contributed by atoms with Crippen LogP contribution in [0.1, 0.15) is 36.6 Å². The predicted molar refractivity (Wildman–Crippen MR) is 67.6 cm³/mol. The van der Waals surface area contributed by atoms with Crippen molar-refractivity contribution in [2.45, 2.75) is 37.4 Å². The minimum Gasteiger partial charge on any atom is -0.328 e. The minimum atomic E-state index is -4.45. The Kier molecular flexibility index (Phi) is 3.13. The molecule has 8 heteroatoms. The summed E-state index contributed by atoms with van der Waals surface area (Å²) < 4.78 is 39.9. The van der Waals surface area contributed by atoms with E-state index in [1.54, 1.807) is 0 Å². The highest BCUT2D eigenvalue weighted by Gasteiger charge is 2.33. The Balaban J connectivity index is 2.13. The standard InChI is InChI=1S/C12H12ClF3N4/c13-9-4-7(12(14,15)16)5-20-10(18-19-11(9)20)6-1-2-8(17)3-6/h4-6,8H,1-3,17H2. The lowest BCUT2D eigenvalue weighted by Crippen LogP contribution is -2.15. The minimum absolute atomic E-state index is 0.0274. The first-order valence-electron chi connectivity index (χ1n) is 6.23. The van der Waals surface area contributed by atoms with Gasteiger partial charge in [-0.1, -0.05) is 11.6 Å². The SMILES string of the molecule is NC1CCC(c2nnc3c(Cl)cc(C(F)(F)F)cn23)C1. The van der Waals surface area contributed by atoms with Crippen LogP contribution in [0.5, 0.6) is 0 Å². The van der Waals surface area contributed by atoms with Crippen molar-refractivity contribution in [3.63, 3.8) is 0 Å². The zero-order valence-corrected chi connectivity index (χ0v) is 11.1. The zero-order chi connectivity index (χ0) is 14.5. The summed E-state index contributed by atoms with van der Waals surface area (Å²) in [5, 5.41) is 7.83. The number of hydrogen-bond donors (Lipinski definition) is 1. The Labute approximate surface area is 117 Å². The van der Waals surface area contributed by atoms with Crippen LogP contribution >= 0.6 is 11.6 Å². The monoisotopic (exact) mass is 304 g/mol. The van der Waals surface area contributed by atoms with Gasteiger partial charge in [-0.05, 0) is 25.3 Å². The van der Waals surface area contributed by atoms with Gasteiger partial charge >= 0.3 is 6.18 Å². The van der Waals surface area contributed by atoms with Gasteiger partial charge in [0.05, 0.1) is 10.6 Å². The van der Waals surface area contributed by atoms with Crippen LogP contribution in [0.15, 0.2) is 12.3 Å². The lowest BCUT2D eigenvalue weighted by atomic mass is 10.1. The van der Waals surface area contributed by atoms with E-state index in [0.29, 0.717) is 12.2 Å². The number of nitrogens with zero attached hydrogens (tertiary/aromatic N) is 3. The Morgan fingerprint density at radius 2 is 2.05 bits per heavy atom. The maximum atomic E-state index is 12.8. The first kappa shape index (κ1) is 13.6. The maximum Gasteiger partial charge on any atom is 0.417 e. The van der Waals surface area contributed by atoms with E-state index in [0.717, 1.165) is 25.1 Å². The van der Waals surface area contributed by atoms with Crippen LogP contribution in [0.3, 0.4) is 0 Å². The molecule has 4 nitrogen and oxygen atoms in total. The number of nitrogens with two attached hydrogens (primary N) is 1. The molecule has 2 unspecified atom stereocenters. The quantitative estimate of drug-likeness (QED) is 0.881. The molecule has 2 aromatic heterocycles. The van der Waals surface area contributed by atoms with Crippen molar-refractivity contribution in [1.82, 2.24) is 14.6 Å². The molecule has 2 heterocycles. The molecule has 108 valence electrons. The van der Waals surface area contributed by atoms with Gasteiger partial charge in [0.2, 0.25) is 0 Å². The van der Waals surface area contributed by atoms with Crippen molar-refractivity contribution in [3.05, 3.63) is 28.7 Å². The molecule has 0 radical (unpaired) electrons. The van der Waals surface area contributed by atoms with E-state index in [4.69, 9.17) is 17.3 Å². The van der Waals surface area contributed by atoms with Gasteiger partial charge in [-0.3, -0.25) is 4.40 Å². The van der Waals surface area contributed by atoms with Crippen LogP contribution in [0.4, 0.5) is 13.2 Å². The second kappa shape index (κ2) is 4.60. The first-order valence-corrected chi connectivity index (χ1v) is 6.61.